The van der Waals surface area contributed by atoms with Gasteiger partial charge >= 0.3 is 0 Å². The Hall–Kier alpha value is -2.57. The van der Waals surface area contributed by atoms with Crippen molar-refractivity contribution in [3.8, 4) is 0 Å². The van der Waals surface area contributed by atoms with E-state index in [9.17, 15) is 9.59 Å². The standard InChI is InChI=1S/C17H21N3O4/c1-10(2)16(21)19-11-5-6-14-13(8-11)15(20-24-14)17(22)18-9-12-4-3-7-23-12/h3-4,7,10-11H,5-6,8-9H2,1-2H3,(H,18,22)(H,19,21). The number of nitrogens with one attached hydrogen (secondary N) is 2. The molecule has 3 rings (SSSR count). The van der Waals surface area contributed by atoms with Crippen molar-refractivity contribution in [3.63, 3.8) is 0 Å². The number of aryl methyl sites for hydroxylation is 1. The van der Waals surface area contributed by atoms with Crippen LogP contribution in [0.2, 0.25) is 0 Å². The molecule has 2 aromatic heterocycles. The van der Waals surface area contributed by atoms with Gasteiger partial charge in [0.2, 0.25) is 5.91 Å². The lowest BCUT2D eigenvalue weighted by Crippen LogP contribution is -2.41. The van der Waals surface area contributed by atoms with Crippen LogP contribution in [0.1, 0.15) is 47.8 Å². The van der Waals surface area contributed by atoms with Crippen molar-refractivity contribution in [2.45, 2.75) is 45.7 Å². The lowest BCUT2D eigenvalue weighted by Gasteiger charge is -2.23. The van der Waals surface area contributed by atoms with Gasteiger partial charge < -0.3 is 19.6 Å². The van der Waals surface area contributed by atoms with Gasteiger partial charge in [-0.15, -0.1) is 0 Å². The smallest absolute Gasteiger partial charge is 0.274 e. The third-order valence-corrected chi connectivity index (χ3v) is 4.13. The van der Waals surface area contributed by atoms with Crippen molar-refractivity contribution in [2.24, 2.45) is 5.92 Å². The number of nitrogens with zero attached hydrogens (tertiary/aromatic N) is 1. The molecule has 2 heterocycles. The maximum Gasteiger partial charge on any atom is 0.274 e. The van der Waals surface area contributed by atoms with Crippen LogP contribution in [0, 0.1) is 5.92 Å². The fraction of sp³-hybridized carbons (Fsp3) is 0.471. The predicted octanol–water partition coefficient (Wildman–Crippen LogP) is 1.83. The number of amides is 2. The van der Waals surface area contributed by atoms with Gasteiger partial charge in [0.25, 0.3) is 5.91 Å². The van der Waals surface area contributed by atoms with Gasteiger partial charge in [0.05, 0.1) is 12.8 Å². The molecule has 0 spiro atoms. The number of carbonyl (C=O) groups excluding carboxylic acids is 2. The molecule has 1 unspecified atom stereocenters. The van der Waals surface area contributed by atoms with Gasteiger partial charge in [0.15, 0.2) is 5.69 Å². The summed E-state index contributed by atoms with van der Waals surface area (Å²) in [4.78, 5) is 24.2. The average Bonchev–Trinajstić information content (AvgIpc) is 3.21. The first-order valence-corrected chi connectivity index (χ1v) is 8.13. The Balaban J connectivity index is 1.66. The third-order valence-electron chi connectivity index (χ3n) is 4.13. The summed E-state index contributed by atoms with van der Waals surface area (Å²) in [7, 11) is 0. The Morgan fingerprint density at radius 1 is 1.42 bits per heavy atom. The van der Waals surface area contributed by atoms with Crippen LogP contribution in [0.4, 0.5) is 0 Å². The molecule has 2 aromatic rings. The van der Waals surface area contributed by atoms with Crippen molar-refractivity contribution in [3.05, 3.63) is 41.2 Å². The molecule has 0 saturated heterocycles. The van der Waals surface area contributed by atoms with Crippen molar-refractivity contribution in [1.29, 1.82) is 0 Å². The first kappa shape index (κ1) is 16.3. The molecule has 2 amide bonds. The zero-order chi connectivity index (χ0) is 17.1. The summed E-state index contributed by atoms with van der Waals surface area (Å²) < 4.78 is 10.5. The highest BCUT2D eigenvalue weighted by molar-refractivity contribution is 5.93. The fourth-order valence-electron chi connectivity index (χ4n) is 2.74. The van der Waals surface area contributed by atoms with Gasteiger partial charge in [-0.1, -0.05) is 19.0 Å². The van der Waals surface area contributed by atoms with E-state index in [1.165, 1.54) is 0 Å². The molecule has 0 saturated carbocycles. The Bertz CT molecular complexity index is 718. The molecular formula is C17H21N3O4. The van der Waals surface area contributed by atoms with Crippen molar-refractivity contribution in [2.75, 3.05) is 0 Å². The first-order valence-electron chi connectivity index (χ1n) is 8.13. The number of carbonyl (C=O) groups is 2. The monoisotopic (exact) mass is 331 g/mol. The molecule has 7 nitrogen and oxygen atoms in total. The van der Waals surface area contributed by atoms with Crippen LogP contribution >= 0.6 is 0 Å². The molecule has 2 N–H and O–H groups in total. The molecule has 0 fully saturated rings. The quantitative estimate of drug-likeness (QED) is 0.871. The number of hydrogen-bond acceptors (Lipinski definition) is 5. The van der Waals surface area contributed by atoms with E-state index in [0.29, 0.717) is 30.8 Å². The minimum absolute atomic E-state index is 0.00317. The van der Waals surface area contributed by atoms with E-state index in [4.69, 9.17) is 8.94 Å². The zero-order valence-corrected chi connectivity index (χ0v) is 13.8. The van der Waals surface area contributed by atoms with E-state index >= 15 is 0 Å². The summed E-state index contributed by atoms with van der Waals surface area (Å²) in [5.74, 6) is 1.05. The van der Waals surface area contributed by atoms with E-state index in [-0.39, 0.29) is 23.8 Å². The molecule has 7 heteroatoms. The van der Waals surface area contributed by atoms with E-state index in [1.54, 1.807) is 18.4 Å². The van der Waals surface area contributed by atoms with Crippen LogP contribution in [-0.2, 0) is 24.2 Å². The summed E-state index contributed by atoms with van der Waals surface area (Å²) in [6, 6.07) is 3.56. The van der Waals surface area contributed by atoms with Crippen LogP contribution in [-0.4, -0.2) is 23.0 Å². The maximum absolute atomic E-state index is 12.3. The van der Waals surface area contributed by atoms with Gasteiger partial charge in [0, 0.05) is 23.9 Å². The van der Waals surface area contributed by atoms with Crippen LogP contribution < -0.4 is 10.6 Å². The maximum atomic E-state index is 12.3. The fourth-order valence-corrected chi connectivity index (χ4v) is 2.74. The number of rotatable bonds is 5. The second-order valence-corrected chi connectivity index (χ2v) is 6.30. The Morgan fingerprint density at radius 3 is 2.96 bits per heavy atom. The van der Waals surface area contributed by atoms with Gasteiger partial charge in [-0.05, 0) is 25.0 Å². The Morgan fingerprint density at radius 2 is 2.25 bits per heavy atom. The number of furan rings is 1. The second kappa shape index (κ2) is 6.90. The summed E-state index contributed by atoms with van der Waals surface area (Å²) in [6.07, 6.45) is 3.56. The van der Waals surface area contributed by atoms with Gasteiger partial charge in [-0.2, -0.15) is 0 Å². The van der Waals surface area contributed by atoms with Crippen LogP contribution in [0.3, 0.4) is 0 Å². The Kier molecular flexibility index (Phi) is 4.69. The summed E-state index contributed by atoms with van der Waals surface area (Å²) in [5, 5.41) is 9.70. The lowest BCUT2D eigenvalue weighted by atomic mass is 9.91. The normalized spacial score (nSPS) is 16.7. The highest BCUT2D eigenvalue weighted by Crippen LogP contribution is 2.25. The van der Waals surface area contributed by atoms with Gasteiger partial charge in [-0.3, -0.25) is 9.59 Å². The van der Waals surface area contributed by atoms with E-state index in [1.807, 2.05) is 13.8 Å². The highest BCUT2D eigenvalue weighted by Gasteiger charge is 2.29. The summed E-state index contributed by atoms with van der Waals surface area (Å²) in [6.45, 7) is 4.01. The third kappa shape index (κ3) is 3.50. The van der Waals surface area contributed by atoms with E-state index in [0.717, 1.165) is 17.7 Å². The largest absolute Gasteiger partial charge is 0.467 e. The van der Waals surface area contributed by atoms with E-state index in [2.05, 4.69) is 15.8 Å². The summed E-state index contributed by atoms with van der Waals surface area (Å²) >= 11 is 0. The highest BCUT2D eigenvalue weighted by atomic mass is 16.5. The van der Waals surface area contributed by atoms with Crippen molar-refractivity contribution in [1.82, 2.24) is 15.8 Å². The molecule has 1 aliphatic carbocycles. The number of hydrogen-bond donors (Lipinski definition) is 2. The van der Waals surface area contributed by atoms with E-state index < -0.39 is 0 Å². The topological polar surface area (TPSA) is 97.4 Å². The molecule has 0 aromatic carbocycles. The minimum atomic E-state index is -0.299. The number of fused-ring (bicyclic) bond motifs is 1. The molecule has 24 heavy (non-hydrogen) atoms. The lowest BCUT2D eigenvalue weighted by molar-refractivity contribution is -0.124. The van der Waals surface area contributed by atoms with Crippen LogP contribution in [0.25, 0.3) is 0 Å². The zero-order valence-electron chi connectivity index (χ0n) is 13.8. The molecule has 128 valence electrons. The Labute approximate surface area is 139 Å². The molecule has 0 bridgehead atoms. The van der Waals surface area contributed by atoms with Gasteiger partial charge in [-0.25, -0.2) is 0 Å². The van der Waals surface area contributed by atoms with Crippen LogP contribution in [0.5, 0.6) is 0 Å². The molecule has 0 aliphatic heterocycles. The minimum Gasteiger partial charge on any atom is -0.467 e. The first-order chi connectivity index (χ1) is 11.5. The van der Waals surface area contributed by atoms with Crippen LogP contribution in [0.15, 0.2) is 27.3 Å². The second-order valence-electron chi connectivity index (χ2n) is 6.30. The molecular weight excluding hydrogens is 310 g/mol. The molecule has 0 radical (unpaired) electrons. The van der Waals surface area contributed by atoms with Crippen molar-refractivity contribution < 1.29 is 18.5 Å². The van der Waals surface area contributed by atoms with Crippen molar-refractivity contribution >= 4 is 11.8 Å². The summed E-state index contributed by atoms with van der Waals surface area (Å²) in [5.41, 5.74) is 1.08. The SMILES string of the molecule is CC(C)C(=O)NC1CCc2onc(C(=O)NCc3ccco3)c2C1. The predicted molar refractivity (Wildman–Crippen MR) is 85.2 cm³/mol. The van der Waals surface area contributed by atoms with Gasteiger partial charge in [0.1, 0.15) is 11.5 Å². The molecule has 1 atom stereocenters. The average molecular weight is 331 g/mol. The molecule has 1 aliphatic rings. The number of aromatic nitrogens is 1.